The lowest BCUT2D eigenvalue weighted by molar-refractivity contribution is -0.880. The monoisotopic (exact) mass is 758 g/mol. The fraction of sp³-hybridized carbons (Fsp3) is 1.00. The number of rotatable bonds is 34. The summed E-state index contributed by atoms with van der Waals surface area (Å²) in [6.45, 7) is 9.46. The second kappa shape index (κ2) is 48.2. The summed E-state index contributed by atoms with van der Waals surface area (Å²) < 4.78 is 0. The van der Waals surface area contributed by atoms with E-state index in [4.69, 9.17) is 10.2 Å². The highest BCUT2D eigenvalue weighted by Crippen LogP contribution is 2.14. The van der Waals surface area contributed by atoms with Crippen LogP contribution >= 0.6 is 0 Å². The predicted octanol–water partition coefficient (Wildman–Crippen LogP) is 1.96. The molecular weight excluding hydrogens is 676 g/mol. The van der Waals surface area contributed by atoms with Crippen LogP contribution in [0.4, 0.5) is 0 Å². The zero-order valence-electron chi connectivity index (χ0n) is 30.7. The molecule has 0 aromatic carbocycles. The van der Waals surface area contributed by atoms with Crippen LogP contribution in [0, 0.1) is 0 Å². The zero-order chi connectivity index (χ0) is 31.2. The topological polar surface area (TPSA) is 49.3 Å². The molecule has 0 bridgehead atoms. The van der Waals surface area contributed by atoms with Gasteiger partial charge in [0.1, 0.15) is 13.1 Å². The van der Waals surface area contributed by atoms with E-state index in [0.29, 0.717) is 13.2 Å². The molecule has 44 heavy (non-hydrogen) atoms. The molecule has 4 N–H and O–H groups in total. The van der Waals surface area contributed by atoms with Gasteiger partial charge in [-0.15, -0.1) is 0 Å². The standard InChI is InChI=1S/2C19H41NO.2BrH/c2*1-3-4-5-6-7-8-9-10-11-12-13-14-15-16-17-20(2)18-19-21;;/h2*21H,3-19H2,1-2H3;2*1H. The van der Waals surface area contributed by atoms with Crippen molar-refractivity contribution in [3.63, 3.8) is 0 Å². The molecule has 0 aliphatic heterocycles. The molecule has 0 aliphatic rings. The summed E-state index contributed by atoms with van der Waals surface area (Å²) in [7, 11) is 4.36. The summed E-state index contributed by atoms with van der Waals surface area (Å²) in [5.41, 5.74) is 0. The maximum absolute atomic E-state index is 8.83. The number of likely N-dealkylation sites (N-methyl/N-ethyl adjacent to an activating group) is 2. The van der Waals surface area contributed by atoms with Crippen molar-refractivity contribution in [2.75, 3.05) is 53.5 Å². The number of hydrogen-bond acceptors (Lipinski definition) is 2. The van der Waals surface area contributed by atoms with E-state index in [9.17, 15) is 0 Å². The minimum atomic E-state index is 0. The van der Waals surface area contributed by atoms with Crippen molar-refractivity contribution < 1.29 is 54.0 Å². The number of hydrogen-bond donors (Lipinski definition) is 4. The largest absolute Gasteiger partial charge is 1.00 e. The fourth-order valence-electron chi connectivity index (χ4n) is 5.87. The Morgan fingerprint density at radius 3 is 0.659 bits per heavy atom. The number of quaternary nitrogens is 2. The minimum Gasteiger partial charge on any atom is -1.00 e. The first kappa shape index (κ1) is 51.6. The first-order chi connectivity index (χ1) is 20.6. The lowest BCUT2D eigenvalue weighted by atomic mass is 10.0. The SMILES string of the molecule is CCCCCCCCCCCCCCCC[NH+](C)CCO.CCCCCCCCCCCCCCCC[NH+](C)CCO.[Br-].[Br-]. The molecule has 6 heteroatoms. The first-order valence-electron chi connectivity index (χ1n) is 19.5. The Hall–Kier alpha value is 0.800. The summed E-state index contributed by atoms with van der Waals surface area (Å²) in [6, 6.07) is 0. The zero-order valence-corrected chi connectivity index (χ0v) is 33.9. The highest BCUT2D eigenvalue weighted by Gasteiger charge is 2.01. The summed E-state index contributed by atoms with van der Waals surface area (Å²) in [4.78, 5) is 2.94. The number of aliphatic hydroxyl groups is 2. The van der Waals surface area contributed by atoms with E-state index >= 15 is 0 Å². The van der Waals surface area contributed by atoms with Gasteiger partial charge in [0.25, 0.3) is 0 Å². The van der Waals surface area contributed by atoms with Gasteiger partial charge in [0.05, 0.1) is 40.4 Å². The van der Waals surface area contributed by atoms with E-state index in [1.54, 1.807) is 0 Å². The molecule has 0 rings (SSSR count). The van der Waals surface area contributed by atoms with Crippen LogP contribution < -0.4 is 43.8 Å². The molecule has 272 valence electrons. The van der Waals surface area contributed by atoms with Gasteiger partial charge in [-0.1, -0.05) is 168 Å². The van der Waals surface area contributed by atoms with E-state index in [1.165, 1.54) is 203 Å². The number of unbranched alkanes of at least 4 members (excludes halogenated alkanes) is 26. The molecular formula is C38H84Br2N2O2. The predicted molar refractivity (Wildman–Crippen MR) is 188 cm³/mol. The van der Waals surface area contributed by atoms with Crippen molar-refractivity contribution in [2.45, 2.75) is 194 Å². The Bertz CT molecular complexity index is 421. The molecule has 0 aromatic heterocycles. The second-order valence-corrected chi connectivity index (χ2v) is 13.6. The molecule has 0 saturated heterocycles. The van der Waals surface area contributed by atoms with Gasteiger partial charge < -0.3 is 54.0 Å². The number of aliphatic hydroxyl groups excluding tert-OH is 2. The molecule has 0 saturated carbocycles. The molecule has 4 nitrogen and oxygen atoms in total. The van der Waals surface area contributed by atoms with Gasteiger partial charge in [-0.05, 0) is 25.7 Å². The Morgan fingerprint density at radius 1 is 0.295 bits per heavy atom. The maximum Gasteiger partial charge on any atom is 0.100 e. The van der Waals surface area contributed by atoms with E-state index in [0.717, 1.165) is 13.1 Å². The summed E-state index contributed by atoms with van der Waals surface area (Å²) in [6.07, 6.45) is 39.9. The van der Waals surface area contributed by atoms with Crippen LogP contribution in [-0.2, 0) is 0 Å². The van der Waals surface area contributed by atoms with Crippen molar-refractivity contribution in [2.24, 2.45) is 0 Å². The van der Waals surface area contributed by atoms with Crippen LogP contribution in [0.3, 0.4) is 0 Å². The van der Waals surface area contributed by atoms with Crippen LogP contribution in [0.15, 0.2) is 0 Å². The van der Waals surface area contributed by atoms with Gasteiger partial charge in [-0.2, -0.15) is 0 Å². The van der Waals surface area contributed by atoms with Crippen LogP contribution in [-0.4, -0.2) is 63.7 Å². The van der Waals surface area contributed by atoms with Crippen molar-refractivity contribution in [3.05, 3.63) is 0 Å². The first-order valence-corrected chi connectivity index (χ1v) is 19.5. The summed E-state index contributed by atoms with van der Waals surface area (Å²) in [5.74, 6) is 0. The van der Waals surface area contributed by atoms with E-state index < -0.39 is 0 Å². The van der Waals surface area contributed by atoms with Crippen LogP contribution in [0.1, 0.15) is 194 Å². The van der Waals surface area contributed by atoms with Gasteiger partial charge in [-0.25, -0.2) is 0 Å². The molecule has 0 aliphatic carbocycles. The molecule has 0 fully saturated rings. The van der Waals surface area contributed by atoms with Gasteiger partial charge in [0.15, 0.2) is 0 Å². The lowest BCUT2D eigenvalue weighted by Crippen LogP contribution is -3.09. The maximum atomic E-state index is 8.83. The van der Waals surface area contributed by atoms with Crippen molar-refractivity contribution in [1.82, 2.24) is 0 Å². The fourth-order valence-corrected chi connectivity index (χ4v) is 5.87. The smallest absolute Gasteiger partial charge is 0.100 e. The van der Waals surface area contributed by atoms with Crippen LogP contribution in [0.2, 0.25) is 0 Å². The summed E-state index contributed by atoms with van der Waals surface area (Å²) >= 11 is 0. The Labute approximate surface area is 299 Å². The third-order valence-electron chi connectivity index (χ3n) is 8.99. The van der Waals surface area contributed by atoms with Gasteiger partial charge in [-0.3, -0.25) is 0 Å². The highest BCUT2D eigenvalue weighted by molar-refractivity contribution is 4.50. The van der Waals surface area contributed by atoms with Crippen LogP contribution in [0.5, 0.6) is 0 Å². The molecule has 0 radical (unpaired) electrons. The minimum absolute atomic E-state index is 0. The Kier molecular flexibility index (Phi) is 56.6. The number of nitrogens with one attached hydrogen (secondary N) is 2. The average molecular weight is 761 g/mol. The van der Waals surface area contributed by atoms with Gasteiger partial charge >= 0.3 is 0 Å². The van der Waals surface area contributed by atoms with Gasteiger partial charge in [0.2, 0.25) is 0 Å². The number of halogens is 2. The average Bonchev–Trinajstić information content (AvgIpc) is 2.98. The highest BCUT2D eigenvalue weighted by atomic mass is 79.9. The van der Waals surface area contributed by atoms with Crippen LogP contribution in [0.25, 0.3) is 0 Å². The normalized spacial score (nSPS) is 12.1. The quantitative estimate of drug-likeness (QED) is 0.0760. The van der Waals surface area contributed by atoms with Gasteiger partial charge in [0, 0.05) is 0 Å². The Balaban J connectivity index is -0.000000348. The van der Waals surface area contributed by atoms with E-state index in [1.807, 2.05) is 0 Å². The lowest BCUT2D eigenvalue weighted by Gasteiger charge is -2.11. The Morgan fingerprint density at radius 2 is 0.477 bits per heavy atom. The third kappa shape index (κ3) is 49.7. The van der Waals surface area contributed by atoms with Crippen molar-refractivity contribution in [3.8, 4) is 0 Å². The molecule has 0 aromatic rings. The molecule has 0 heterocycles. The molecule has 0 amide bonds. The van der Waals surface area contributed by atoms with Crippen molar-refractivity contribution >= 4 is 0 Å². The molecule has 0 spiro atoms. The van der Waals surface area contributed by atoms with Crippen molar-refractivity contribution in [1.29, 1.82) is 0 Å². The summed E-state index contributed by atoms with van der Waals surface area (Å²) in [5, 5.41) is 17.7. The van der Waals surface area contributed by atoms with E-state index in [2.05, 4.69) is 27.9 Å². The van der Waals surface area contributed by atoms with E-state index in [-0.39, 0.29) is 34.0 Å². The molecule has 2 atom stereocenters. The molecule has 2 unspecified atom stereocenters. The second-order valence-electron chi connectivity index (χ2n) is 13.6. The third-order valence-corrected chi connectivity index (χ3v) is 8.99.